The maximum atomic E-state index is 5.50. The van der Waals surface area contributed by atoms with E-state index in [1.54, 1.807) is 0 Å². The van der Waals surface area contributed by atoms with Crippen molar-refractivity contribution in [3.63, 3.8) is 0 Å². The van der Waals surface area contributed by atoms with E-state index in [2.05, 4.69) is 246 Å². The van der Waals surface area contributed by atoms with Crippen LogP contribution >= 0.6 is 0 Å². The van der Waals surface area contributed by atoms with Gasteiger partial charge in [-0.25, -0.2) is 9.97 Å². The lowest BCUT2D eigenvalue weighted by molar-refractivity contribution is 1.13. The summed E-state index contributed by atoms with van der Waals surface area (Å²) in [6.07, 6.45) is 0. The van der Waals surface area contributed by atoms with Crippen molar-refractivity contribution in [3.05, 3.63) is 243 Å². The zero-order valence-electron chi connectivity index (χ0n) is 36.9. The maximum absolute atomic E-state index is 5.50. The highest BCUT2D eigenvalue weighted by atomic mass is 15.0. The van der Waals surface area contributed by atoms with E-state index in [-0.39, 0.29) is 0 Å². The lowest BCUT2D eigenvalue weighted by Gasteiger charge is -2.18. The molecule has 4 heteroatoms. The normalized spacial score (nSPS) is 11.8. The van der Waals surface area contributed by atoms with Gasteiger partial charge in [0, 0.05) is 49.6 Å². The molecule has 68 heavy (non-hydrogen) atoms. The van der Waals surface area contributed by atoms with Crippen LogP contribution in [0.2, 0.25) is 0 Å². The quantitative estimate of drug-likeness (QED) is 0.123. The van der Waals surface area contributed by atoms with Crippen LogP contribution in [0.4, 0.5) is 0 Å². The van der Waals surface area contributed by atoms with Gasteiger partial charge in [0.15, 0.2) is 5.82 Å². The summed E-state index contributed by atoms with van der Waals surface area (Å²) in [7, 11) is 0. The Balaban J connectivity index is 1.07. The summed E-state index contributed by atoms with van der Waals surface area (Å²) < 4.78 is 4.83. The molecular weight excluding hydrogens is 825 g/mol. The molecule has 0 N–H and O–H groups in total. The van der Waals surface area contributed by atoms with Crippen LogP contribution in [0.1, 0.15) is 0 Å². The van der Waals surface area contributed by atoms with E-state index < -0.39 is 0 Å². The lowest BCUT2D eigenvalue weighted by Crippen LogP contribution is -2.02. The molecule has 14 aromatic rings. The molecule has 0 fully saturated rings. The summed E-state index contributed by atoms with van der Waals surface area (Å²) in [5.41, 5.74) is 13.7. The Kier molecular flexibility index (Phi) is 8.55. The first-order chi connectivity index (χ1) is 33.7. The molecule has 0 atom stereocenters. The third-order valence-corrected chi connectivity index (χ3v) is 13.9. The van der Waals surface area contributed by atoms with Gasteiger partial charge in [-0.1, -0.05) is 188 Å². The lowest BCUT2D eigenvalue weighted by atomic mass is 9.87. The number of para-hydroxylation sites is 4. The highest BCUT2D eigenvalue weighted by Gasteiger charge is 2.21. The van der Waals surface area contributed by atoms with Gasteiger partial charge in [-0.3, -0.25) is 0 Å². The van der Waals surface area contributed by atoms with E-state index in [1.165, 1.54) is 59.4 Å². The molecule has 0 unspecified atom stereocenters. The Morgan fingerprint density at radius 1 is 0.265 bits per heavy atom. The summed E-state index contributed by atoms with van der Waals surface area (Å²) in [6.45, 7) is 0. The number of hydrogen-bond donors (Lipinski definition) is 0. The third kappa shape index (κ3) is 5.94. The zero-order valence-corrected chi connectivity index (χ0v) is 36.9. The van der Waals surface area contributed by atoms with Crippen LogP contribution in [0.25, 0.3) is 132 Å². The first-order valence-corrected chi connectivity index (χ1v) is 23.2. The Morgan fingerprint density at radius 2 is 0.735 bits per heavy atom. The van der Waals surface area contributed by atoms with Gasteiger partial charge >= 0.3 is 0 Å². The molecule has 14 rings (SSSR count). The van der Waals surface area contributed by atoms with Crippen molar-refractivity contribution in [1.29, 1.82) is 0 Å². The van der Waals surface area contributed by atoms with Crippen molar-refractivity contribution in [1.82, 2.24) is 19.1 Å². The van der Waals surface area contributed by atoms with Gasteiger partial charge in [0.25, 0.3) is 0 Å². The molecular formula is C64H40N4. The number of rotatable bonds is 6. The van der Waals surface area contributed by atoms with Crippen LogP contribution in [-0.4, -0.2) is 19.1 Å². The second-order valence-corrected chi connectivity index (χ2v) is 17.7. The number of nitrogens with zero attached hydrogens (tertiary/aromatic N) is 4. The Morgan fingerprint density at radius 3 is 1.34 bits per heavy atom. The SMILES string of the molecule is c1ccc(-c2nc(-c3cc(-n4c5ccccc5c5ccccc54)cc(-n4c5ccccc5c5ccccc54)c3)cc(-c3ccccc3-c3c4ccccc4cc4c3ccc3ccccc34)n2)cc1. The fourth-order valence-corrected chi connectivity index (χ4v) is 10.9. The van der Waals surface area contributed by atoms with E-state index in [0.717, 1.165) is 67.1 Å². The van der Waals surface area contributed by atoms with Crippen LogP contribution < -0.4 is 0 Å². The first kappa shape index (κ1) is 38.2. The summed E-state index contributed by atoms with van der Waals surface area (Å²) in [5, 5.41) is 12.2. The Bertz CT molecular complexity index is 4090. The molecule has 0 aliphatic rings. The molecule has 3 aromatic heterocycles. The largest absolute Gasteiger partial charge is 0.309 e. The van der Waals surface area contributed by atoms with Crippen LogP contribution in [0, 0.1) is 0 Å². The summed E-state index contributed by atoms with van der Waals surface area (Å²) in [4.78, 5) is 11.0. The summed E-state index contributed by atoms with van der Waals surface area (Å²) >= 11 is 0. The molecule has 3 heterocycles. The highest BCUT2D eigenvalue weighted by molar-refractivity contribution is 6.21. The predicted molar refractivity (Wildman–Crippen MR) is 285 cm³/mol. The number of aromatic nitrogens is 4. The molecule has 0 radical (unpaired) electrons. The smallest absolute Gasteiger partial charge is 0.160 e. The van der Waals surface area contributed by atoms with Crippen molar-refractivity contribution in [2.75, 3.05) is 0 Å². The molecule has 0 aliphatic heterocycles. The minimum atomic E-state index is 0.669. The molecule has 0 saturated carbocycles. The fourth-order valence-electron chi connectivity index (χ4n) is 10.9. The average molecular weight is 865 g/mol. The molecule has 11 aromatic carbocycles. The molecule has 0 bridgehead atoms. The molecule has 0 spiro atoms. The van der Waals surface area contributed by atoms with E-state index in [4.69, 9.17) is 9.97 Å². The Hall–Kier alpha value is -9.12. The second-order valence-electron chi connectivity index (χ2n) is 17.7. The summed E-state index contributed by atoms with van der Waals surface area (Å²) in [5.74, 6) is 0.669. The van der Waals surface area contributed by atoms with Gasteiger partial charge in [0.2, 0.25) is 0 Å². The van der Waals surface area contributed by atoms with Gasteiger partial charge < -0.3 is 9.13 Å². The van der Waals surface area contributed by atoms with E-state index in [1.807, 2.05) is 6.07 Å². The molecule has 0 aliphatic carbocycles. The zero-order chi connectivity index (χ0) is 44.7. The van der Waals surface area contributed by atoms with Gasteiger partial charge in [-0.2, -0.15) is 0 Å². The second kappa shape index (κ2) is 15.2. The maximum Gasteiger partial charge on any atom is 0.160 e. The summed E-state index contributed by atoms with van der Waals surface area (Å²) in [6, 6.07) is 87.6. The molecule has 4 nitrogen and oxygen atoms in total. The standard InChI is InChI=1S/C64H40N4/c1-2-19-42(20-3-1)64-65-57(40-58(66-64)49-24-8-9-29-54(49)63-48-23-7-5-21-43(48)38-56-47-22-6-4-18-41(47)34-35-55(56)63)44-36-45(67-59-30-14-10-25-50(59)51-26-11-15-31-60(51)67)39-46(37-44)68-61-32-16-12-27-52(61)53-28-13-17-33-62(53)68/h1-40H. The fraction of sp³-hybridized carbons (Fsp3) is 0. The minimum Gasteiger partial charge on any atom is -0.309 e. The number of hydrogen-bond acceptors (Lipinski definition) is 2. The molecule has 316 valence electrons. The van der Waals surface area contributed by atoms with Gasteiger partial charge in [0.05, 0.1) is 33.5 Å². The topological polar surface area (TPSA) is 35.6 Å². The van der Waals surface area contributed by atoms with Crippen molar-refractivity contribution in [2.45, 2.75) is 0 Å². The first-order valence-electron chi connectivity index (χ1n) is 23.2. The highest BCUT2D eigenvalue weighted by Crippen LogP contribution is 2.44. The van der Waals surface area contributed by atoms with Gasteiger partial charge in [0.1, 0.15) is 0 Å². The van der Waals surface area contributed by atoms with Crippen LogP contribution in [-0.2, 0) is 0 Å². The predicted octanol–water partition coefficient (Wildman–Crippen LogP) is 16.8. The van der Waals surface area contributed by atoms with E-state index in [0.29, 0.717) is 5.82 Å². The van der Waals surface area contributed by atoms with Crippen molar-refractivity contribution < 1.29 is 0 Å². The van der Waals surface area contributed by atoms with E-state index in [9.17, 15) is 0 Å². The van der Waals surface area contributed by atoms with Gasteiger partial charge in [-0.05, 0) is 98.0 Å². The third-order valence-electron chi connectivity index (χ3n) is 13.9. The van der Waals surface area contributed by atoms with Crippen molar-refractivity contribution in [2.24, 2.45) is 0 Å². The average Bonchev–Trinajstić information content (AvgIpc) is 3.93. The van der Waals surface area contributed by atoms with E-state index >= 15 is 0 Å². The minimum absolute atomic E-state index is 0.669. The van der Waals surface area contributed by atoms with Crippen LogP contribution in [0.3, 0.4) is 0 Å². The number of benzene rings is 11. The molecule has 0 amide bonds. The monoisotopic (exact) mass is 864 g/mol. The van der Waals surface area contributed by atoms with Crippen molar-refractivity contribution in [3.8, 4) is 56.4 Å². The number of fused-ring (bicyclic) bond motifs is 10. The van der Waals surface area contributed by atoms with Crippen LogP contribution in [0.5, 0.6) is 0 Å². The van der Waals surface area contributed by atoms with Gasteiger partial charge in [-0.15, -0.1) is 0 Å². The molecule has 0 saturated heterocycles. The van der Waals surface area contributed by atoms with Crippen LogP contribution in [0.15, 0.2) is 243 Å². The van der Waals surface area contributed by atoms with Crippen molar-refractivity contribution >= 4 is 75.9 Å². The Labute approximate surface area is 392 Å².